The van der Waals surface area contributed by atoms with E-state index < -0.39 is 15.9 Å². The summed E-state index contributed by atoms with van der Waals surface area (Å²) in [5.41, 5.74) is 0.866. The van der Waals surface area contributed by atoms with Crippen LogP contribution in [0.3, 0.4) is 0 Å². The van der Waals surface area contributed by atoms with Crippen molar-refractivity contribution in [3.63, 3.8) is 0 Å². The molecule has 0 aromatic heterocycles. The maximum atomic E-state index is 12.7. The van der Waals surface area contributed by atoms with Crippen LogP contribution in [0.4, 0.5) is 5.69 Å². The summed E-state index contributed by atoms with van der Waals surface area (Å²) in [4.78, 5) is 12.7. The van der Waals surface area contributed by atoms with E-state index in [9.17, 15) is 13.2 Å². The predicted molar refractivity (Wildman–Crippen MR) is 120 cm³/mol. The Labute approximate surface area is 188 Å². The summed E-state index contributed by atoms with van der Waals surface area (Å²) in [6, 6.07) is 11.2. The Morgan fingerprint density at radius 2 is 1.83 bits per heavy atom. The number of halogens is 1. The molecule has 0 saturated carbocycles. The highest BCUT2D eigenvalue weighted by molar-refractivity contribution is 9.10. The molecule has 2 aromatic carbocycles. The monoisotopic (exact) mass is 513 g/mol. The fourth-order valence-corrected chi connectivity index (χ4v) is 4.82. The molecule has 0 bridgehead atoms. The lowest BCUT2D eigenvalue weighted by Crippen LogP contribution is -2.40. The van der Waals surface area contributed by atoms with Crippen LogP contribution < -0.4 is 15.4 Å². The van der Waals surface area contributed by atoms with E-state index in [0.29, 0.717) is 43.3 Å². The van der Waals surface area contributed by atoms with E-state index in [2.05, 4.69) is 26.6 Å². The van der Waals surface area contributed by atoms with Crippen molar-refractivity contribution in [1.82, 2.24) is 9.62 Å². The number of carbonyl (C=O) groups is 1. The van der Waals surface area contributed by atoms with Crippen molar-refractivity contribution >= 4 is 54.9 Å². The fraction of sp³-hybridized carbons (Fsp3) is 0.263. The molecule has 0 aliphatic carbocycles. The minimum Gasteiger partial charge on any atom is -0.496 e. The Bertz CT molecular complexity index is 1040. The summed E-state index contributed by atoms with van der Waals surface area (Å²) >= 11 is 8.52. The van der Waals surface area contributed by atoms with Gasteiger partial charge in [-0.15, -0.1) is 0 Å². The predicted octanol–water partition coefficient (Wildman–Crippen LogP) is 2.61. The van der Waals surface area contributed by atoms with E-state index in [-0.39, 0.29) is 10.0 Å². The number of anilines is 1. The number of ether oxygens (including phenoxy) is 2. The van der Waals surface area contributed by atoms with E-state index in [1.165, 1.54) is 23.5 Å². The molecule has 1 amide bonds. The number of hydrogen-bond acceptors (Lipinski definition) is 6. The smallest absolute Gasteiger partial charge is 0.261 e. The zero-order valence-corrected chi connectivity index (χ0v) is 19.3. The number of sulfonamides is 1. The van der Waals surface area contributed by atoms with Crippen LogP contribution in [0.25, 0.3) is 0 Å². The third-order valence-electron chi connectivity index (χ3n) is 4.35. The van der Waals surface area contributed by atoms with E-state index in [1.807, 2.05) is 0 Å². The summed E-state index contributed by atoms with van der Waals surface area (Å²) in [6.07, 6.45) is 0. The van der Waals surface area contributed by atoms with Crippen molar-refractivity contribution in [3.05, 3.63) is 52.5 Å². The van der Waals surface area contributed by atoms with Gasteiger partial charge in [0.25, 0.3) is 5.91 Å². The van der Waals surface area contributed by atoms with Crippen LogP contribution in [-0.2, 0) is 14.8 Å². The second-order valence-electron chi connectivity index (χ2n) is 6.29. The van der Waals surface area contributed by atoms with E-state index in [0.717, 1.165) is 4.47 Å². The second-order valence-corrected chi connectivity index (χ2v) is 9.56. The molecule has 0 radical (unpaired) electrons. The number of morpholine rings is 1. The molecular formula is C19H20BrN3O5S2. The van der Waals surface area contributed by atoms with Gasteiger partial charge < -0.3 is 14.8 Å². The standard InChI is InChI=1S/C19H20BrN3O5S2/c1-27-17-7-2-13(20)12-16(17)18(24)22-19(29)21-14-3-5-15(6-4-14)30(25,26)23-8-10-28-11-9-23/h2-7,12H,8-11H2,1H3,(H2,21,22,24,29). The van der Waals surface area contributed by atoms with Crippen LogP contribution >= 0.6 is 28.1 Å². The Balaban J connectivity index is 1.65. The Hall–Kier alpha value is -2.05. The number of amides is 1. The largest absolute Gasteiger partial charge is 0.496 e. The molecule has 1 saturated heterocycles. The van der Waals surface area contributed by atoms with E-state index in [4.69, 9.17) is 21.7 Å². The number of rotatable bonds is 5. The number of hydrogen-bond donors (Lipinski definition) is 2. The minimum absolute atomic E-state index is 0.0748. The zero-order valence-electron chi connectivity index (χ0n) is 16.1. The molecule has 0 unspecified atom stereocenters. The van der Waals surface area contributed by atoms with E-state index in [1.54, 1.807) is 30.3 Å². The normalized spacial score (nSPS) is 14.7. The number of thiocarbonyl (C=S) groups is 1. The van der Waals surface area contributed by atoms with Crippen molar-refractivity contribution in [2.75, 3.05) is 38.7 Å². The van der Waals surface area contributed by atoms with Gasteiger partial charge in [-0.1, -0.05) is 15.9 Å². The van der Waals surface area contributed by atoms with Gasteiger partial charge in [-0.2, -0.15) is 4.31 Å². The first-order valence-electron chi connectivity index (χ1n) is 8.95. The highest BCUT2D eigenvalue weighted by Gasteiger charge is 2.26. The molecule has 0 spiro atoms. The first kappa shape index (κ1) is 22.6. The summed E-state index contributed by atoms with van der Waals surface area (Å²) in [6.45, 7) is 1.43. The average molecular weight is 514 g/mol. The quantitative estimate of drug-likeness (QED) is 0.593. The van der Waals surface area contributed by atoms with Gasteiger partial charge in [0, 0.05) is 23.2 Å². The van der Waals surface area contributed by atoms with Gasteiger partial charge in [0.05, 0.1) is 30.8 Å². The third-order valence-corrected chi connectivity index (χ3v) is 6.96. The molecule has 0 atom stereocenters. The number of methoxy groups -OCH3 is 1. The highest BCUT2D eigenvalue weighted by atomic mass is 79.9. The topological polar surface area (TPSA) is 97.0 Å². The number of nitrogens with one attached hydrogen (secondary N) is 2. The fourth-order valence-electron chi connectivity index (χ4n) is 2.84. The SMILES string of the molecule is COc1ccc(Br)cc1C(=O)NC(=S)Nc1ccc(S(=O)(=O)N2CCOCC2)cc1. The van der Waals surface area contributed by atoms with Crippen molar-refractivity contribution in [2.24, 2.45) is 0 Å². The van der Waals surface area contributed by atoms with Gasteiger partial charge >= 0.3 is 0 Å². The number of benzene rings is 2. The van der Waals surface area contributed by atoms with Crippen molar-refractivity contribution in [3.8, 4) is 5.75 Å². The second kappa shape index (κ2) is 9.84. The van der Waals surface area contributed by atoms with Gasteiger partial charge in [0.1, 0.15) is 5.75 Å². The van der Waals surface area contributed by atoms with Crippen LogP contribution in [0.2, 0.25) is 0 Å². The van der Waals surface area contributed by atoms with Gasteiger partial charge in [-0.3, -0.25) is 10.1 Å². The molecule has 1 aliphatic heterocycles. The Morgan fingerprint density at radius 1 is 1.17 bits per heavy atom. The van der Waals surface area contributed by atoms with Gasteiger partial charge in [0.2, 0.25) is 10.0 Å². The van der Waals surface area contributed by atoms with Crippen LogP contribution in [0, 0.1) is 0 Å². The minimum atomic E-state index is -3.57. The molecule has 1 aliphatic rings. The molecule has 2 N–H and O–H groups in total. The molecular weight excluding hydrogens is 494 g/mol. The first-order valence-corrected chi connectivity index (χ1v) is 11.6. The average Bonchev–Trinajstić information content (AvgIpc) is 2.74. The van der Waals surface area contributed by atoms with Crippen molar-refractivity contribution in [1.29, 1.82) is 0 Å². The Morgan fingerprint density at radius 3 is 2.47 bits per heavy atom. The lowest BCUT2D eigenvalue weighted by atomic mass is 10.2. The molecule has 3 rings (SSSR count). The van der Waals surface area contributed by atoms with Crippen LogP contribution in [0.5, 0.6) is 5.75 Å². The summed E-state index contributed by atoms with van der Waals surface area (Å²) < 4.78 is 37.9. The lowest BCUT2D eigenvalue weighted by Gasteiger charge is -2.26. The Kier molecular flexibility index (Phi) is 7.42. The van der Waals surface area contributed by atoms with Crippen LogP contribution in [0.1, 0.15) is 10.4 Å². The van der Waals surface area contributed by atoms with Crippen molar-refractivity contribution < 1.29 is 22.7 Å². The summed E-state index contributed by atoms with van der Waals surface area (Å²) in [5, 5.41) is 5.53. The highest BCUT2D eigenvalue weighted by Crippen LogP contribution is 2.23. The van der Waals surface area contributed by atoms with Gasteiger partial charge in [0.15, 0.2) is 5.11 Å². The molecule has 1 heterocycles. The van der Waals surface area contributed by atoms with Gasteiger partial charge in [-0.05, 0) is 54.7 Å². The van der Waals surface area contributed by atoms with Crippen LogP contribution in [0.15, 0.2) is 51.8 Å². The van der Waals surface area contributed by atoms with E-state index >= 15 is 0 Å². The van der Waals surface area contributed by atoms with Crippen LogP contribution in [-0.4, -0.2) is 57.2 Å². The zero-order chi connectivity index (χ0) is 21.7. The molecule has 30 heavy (non-hydrogen) atoms. The molecule has 160 valence electrons. The maximum absolute atomic E-state index is 12.7. The maximum Gasteiger partial charge on any atom is 0.261 e. The molecule has 2 aromatic rings. The number of nitrogens with zero attached hydrogens (tertiary/aromatic N) is 1. The lowest BCUT2D eigenvalue weighted by molar-refractivity contribution is 0.0730. The molecule has 8 nitrogen and oxygen atoms in total. The first-order chi connectivity index (χ1) is 14.3. The third kappa shape index (κ3) is 5.35. The van der Waals surface area contributed by atoms with Crippen molar-refractivity contribution in [2.45, 2.75) is 4.90 Å². The summed E-state index contributed by atoms with van der Waals surface area (Å²) in [7, 11) is -2.09. The molecule has 11 heteroatoms. The number of carbonyl (C=O) groups excluding carboxylic acids is 1. The molecule has 1 fully saturated rings. The summed E-state index contributed by atoms with van der Waals surface area (Å²) in [5.74, 6) is -0.0201. The van der Waals surface area contributed by atoms with Gasteiger partial charge in [-0.25, -0.2) is 8.42 Å².